The molecule has 4 rings (SSSR count). The third kappa shape index (κ3) is 3.20. The fourth-order valence-corrected chi connectivity index (χ4v) is 4.51. The van der Waals surface area contributed by atoms with Gasteiger partial charge in [0.1, 0.15) is 5.75 Å². The molecule has 1 aliphatic heterocycles. The van der Waals surface area contributed by atoms with Gasteiger partial charge in [0.2, 0.25) is 10.0 Å². The van der Waals surface area contributed by atoms with Gasteiger partial charge in [-0.1, -0.05) is 0 Å². The van der Waals surface area contributed by atoms with E-state index in [-0.39, 0.29) is 10.5 Å². The lowest BCUT2D eigenvalue weighted by molar-refractivity contribution is 0.415. The summed E-state index contributed by atoms with van der Waals surface area (Å²) in [5.41, 5.74) is 3.76. The summed E-state index contributed by atoms with van der Waals surface area (Å²) in [5, 5.41) is 6.26. The molecule has 0 saturated heterocycles. The molecule has 0 aliphatic carbocycles. The van der Waals surface area contributed by atoms with Crippen LogP contribution in [0.4, 0.5) is 17.1 Å². The van der Waals surface area contributed by atoms with Gasteiger partial charge in [-0.2, -0.15) is 0 Å². The van der Waals surface area contributed by atoms with E-state index < -0.39 is 10.0 Å². The zero-order valence-corrected chi connectivity index (χ0v) is 18.2. The van der Waals surface area contributed by atoms with Crippen molar-refractivity contribution in [2.45, 2.75) is 11.8 Å². The summed E-state index contributed by atoms with van der Waals surface area (Å²) in [4.78, 5) is 16.7. The number of methoxy groups -OCH3 is 1. The molecular formula is C21H24N4O4S. The first-order valence-corrected chi connectivity index (χ1v) is 11.0. The molecule has 30 heavy (non-hydrogen) atoms. The van der Waals surface area contributed by atoms with Gasteiger partial charge in [0.15, 0.2) is 0 Å². The molecule has 0 bridgehead atoms. The van der Waals surface area contributed by atoms with E-state index in [1.165, 1.54) is 6.07 Å². The fraction of sp³-hybridized carbons (Fsp3) is 0.286. The van der Waals surface area contributed by atoms with E-state index in [1.54, 1.807) is 37.8 Å². The minimum absolute atomic E-state index is 0.0531. The topological polar surface area (TPSA) is 97.9 Å². The molecule has 9 heteroatoms. The number of nitrogens with zero attached hydrogens (tertiary/aromatic N) is 3. The number of hydrogen-bond acceptors (Lipinski definition) is 6. The van der Waals surface area contributed by atoms with E-state index in [4.69, 9.17) is 9.88 Å². The molecule has 0 saturated carbocycles. The van der Waals surface area contributed by atoms with Gasteiger partial charge in [0.25, 0.3) is 5.56 Å². The Labute approximate surface area is 175 Å². The van der Waals surface area contributed by atoms with Crippen LogP contribution < -0.4 is 25.2 Å². The first-order chi connectivity index (χ1) is 14.1. The molecule has 2 heterocycles. The van der Waals surface area contributed by atoms with Crippen molar-refractivity contribution < 1.29 is 13.2 Å². The van der Waals surface area contributed by atoms with Gasteiger partial charge in [0.05, 0.1) is 34.6 Å². The number of primary sulfonamides is 1. The van der Waals surface area contributed by atoms with Crippen LogP contribution in [-0.4, -0.2) is 40.2 Å². The second kappa shape index (κ2) is 7.03. The van der Waals surface area contributed by atoms with E-state index in [1.807, 2.05) is 25.2 Å². The molecule has 3 aromatic rings. The number of hydrogen-bond donors (Lipinski definition) is 1. The third-order valence-corrected chi connectivity index (χ3v) is 6.55. The zero-order valence-electron chi connectivity index (χ0n) is 17.3. The summed E-state index contributed by atoms with van der Waals surface area (Å²) >= 11 is 0. The average molecular weight is 429 g/mol. The number of anilines is 3. The molecular weight excluding hydrogens is 404 g/mol. The van der Waals surface area contributed by atoms with E-state index in [0.717, 1.165) is 34.5 Å². The van der Waals surface area contributed by atoms with Gasteiger partial charge in [0, 0.05) is 50.3 Å². The number of sulfonamides is 1. The van der Waals surface area contributed by atoms with Crippen LogP contribution >= 0.6 is 0 Å². The summed E-state index contributed by atoms with van der Waals surface area (Å²) in [6.45, 7) is 3.15. The highest BCUT2D eigenvalue weighted by molar-refractivity contribution is 7.89. The highest BCUT2D eigenvalue weighted by Crippen LogP contribution is 2.42. The van der Waals surface area contributed by atoms with Crippen LogP contribution in [0.3, 0.4) is 0 Å². The van der Waals surface area contributed by atoms with E-state index in [2.05, 4.69) is 9.80 Å². The number of fused-ring (bicyclic) bond motifs is 2. The predicted molar refractivity (Wildman–Crippen MR) is 119 cm³/mol. The Bertz CT molecular complexity index is 1330. The minimum atomic E-state index is -3.85. The van der Waals surface area contributed by atoms with Gasteiger partial charge >= 0.3 is 0 Å². The lowest BCUT2D eigenvalue weighted by Gasteiger charge is -2.38. The summed E-state index contributed by atoms with van der Waals surface area (Å²) in [7, 11) is 1.43. The van der Waals surface area contributed by atoms with Crippen molar-refractivity contribution in [3.8, 4) is 5.75 Å². The number of benzene rings is 2. The summed E-state index contributed by atoms with van der Waals surface area (Å²) < 4.78 is 31.0. The SMILES string of the molecule is COc1cc(N2CCN(C)c3ccc(S(N)(=O)=O)cc32)c2cc(C)c(=O)n(C)c2c1. The number of pyridine rings is 1. The molecule has 158 valence electrons. The standard InChI is InChI=1S/C21H24N4O4S/c1-13-9-16-18(24(3)21(13)26)10-14(29-4)11-19(16)25-8-7-23(2)17-6-5-15(12-20(17)25)30(22,27)28/h5-6,9-12H,7-8H2,1-4H3,(H2,22,27,28). The van der Waals surface area contributed by atoms with Crippen LogP contribution in [-0.2, 0) is 17.1 Å². The maximum atomic E-state index is 12.5. The van der Waals surface area contributed by atoms with Gasteiger partial charge in [-0.3, -0.25) is 4.79 Å². The van der Waals surface area contributed by atoms with Crippen LogP contribution in [0.2, 0.25) is 0 Å². The summed E-state index contributed by atoms with van der Waals surface area (Å²) in [6.07, 6.45) is 0. The first-order valence-electron chi connectivity index (χ1n) is 9.45. The predicted octanol–water partition coefficient (Wildman–Crippen LogP) is 2.09. The van der Waals surface area contributed by atoms with Gasteiger partial charge in [-0.15, -0.1) is 0 Å². The van der Waals surface area contributed by atoms with E-state index >= 15 is 0 Å². The Balaban J connectivity index is 2.04. The quantitative estimate of drug-likeness (QED) is 0.686. The van der Waals surface area contributed by atoms with Crippen molar-refractivity contribution in [1.82, 2.24) is 4.57 Å². The van der Waals surface area contributed by atoms with Crippen LogP contribution in [0, 0.1) is 6.92 Å². The highest BCUT2D eigenvalue weighted by Gasteiger charge is 2.26. The largest absolute Gasteiger partial charge is 0.497 e. The molecule has 1 aliphatic rings. The lowest BCUT2D eigenvalue weighted by Crippen LogP contribution is -2.37. The molecule has 2 aromatic carbocycles. The minimum Gasteiger partial charge on any atom is -0.497 e. The van der Waals surface area contributed by atoms with Crippen LogP contribution in [0.15, 0.2) is 46.1 Å². The normalized spacial score (nSPS) is 14.2. The van der Waals surface area contributed by atoms with Crippen molar-refractivity contribution >= 4 is 38.0 Å². The smallest absolute Gasteiger partial charge is 0.253 e. The molecule has 1 aromatic heterocycles. The van der Waals surface area contributed by atoms with Crippen molar-refractivity contribution in [1.29, 1.82) is 0 Å². The lowest BCUT2D eigenvalue weighted by atomic mass is 10.1. The second-order valence-electron chi connectivity index (χ2n) is 7.54. The van der Waals surface area contributed by atoms with E-state index in [9.17, 15) is 13.2 Å². The maximum absolute atomic E-state index is 12.5. The van der Waals surface area contributed by atoms with Gasteiger partial charge in [-0.05, 0) is 31.2 Å². The molecule has 0 amide bonds. The molecule has 0 radical (unpaired) electrons. The molecule has 0 atom stereocenters. The Morgan fingerprint density at radius 2 is 1.73 bits per heavy atom. The Morgan fingerprint density at radius 1 is 1.00 bits per heavy atom. The fourth-order valence-electron chi connectivity index (χ4n) is 3.98. The van der Waals surface area contributed by atoms with Crippen LogP contribution in [0.1, 0.15) is 5.56 Å². The summed E-state index contributed by atoms with van der Waals surface area (Å²) in [6, 6.07) is 10.5. The Kier molecular flexibility index (Phi) is 4.74. The molecule has 0 unspecified atom stereocenters. The Hall–Kier alpha value is -3.04. The number of ether oxygens (including phenoxy) is 1. The van der Waals surface area contributed by atoms with Crippen molar-refractivity contribution in [3.05, 3.63) is 52.3 Å². The average Bonchev–Trinajstić information content (AvgIpc) is 2.71. The van der Waals surface area contributed by atoms with Crippen molar-refractivity contribution in [2.75, 3.05) is 37.0 Å². The van der Waals surface area contributed by atoms with Gasteiger partial charge in [-0.25, -0.2) is 13.6 Å². The molecule has 0 spiro atoms. The zero-order chi connectivity index (χ0) is 21.8. The highest BCUT2D eigenvalue weighted by atomic mass is 32.2. The second-order valence-corrected chi connectivity index (χ2v) is 9.10. The number of aryl methyl sites for hydroxylation is 2. The molecule has 0 fully saturated rings. The number of rotatable bonds is 3. The van der Waals surface area contributed by atoms with E-state index in [0.29, 0.717) is 17.9 Å². The van der Waals surface area contributed by atoms with Crippen LogP contribution in [0.25, 0.3) is 10.9 Å². The third-order valence-electron chi connectivity index (χ3n) is 5.64. The Morgan fingerprint density at radius 3 is 2.40 bits per heavy atom. The van der Waals surface area contributed by atoms with Crippen molar-refractivity contribution in [2.24, 2.45) is 12.2 Å². The number of aromatic nitrogens is 1. The molecule has 2 N–H and O–H groups in total. The monoisotopic (exact) mass is 428 g/mol. The number of likely N-dealkylation sites (N-methyl/N-ethyl adjacent to an activating group) is 1. The summed E-state index contributed by atoms with van der Waals surface area (Å²) in [5.74, 6) is 0.611. The van der Waals surface area contributed by atoms with Gasteiger partial charge < -0.3 is 19.1 Å². The molecule has 8 nitrogen and oxygen atoms in total. The number of nitrogens with two attached hydrogens (primary N) is 1. The van der Waals surface area contributed by atoms with Crippen molar-refractivity contribution in [3.63, 3.8) is 0 Å². The first kappa shape index (κ1) is 20.2. The maximum Gasteiger partial charge on any atom is 0.253 e. The van der Waals surface area contributed by atoms with Crippen LogP contribution in [0.5, 0.6) is 5.75 Å².